The number of nitrogens with zero attached hydrogens (tertiary/aromatic N) is 2. The fourth-order valence-electron chi connectivity index (χ4n) is 5.46. The van der Waals surface area contributed by atoms with E-state index >= 15 is 0 Å². The Hall–Kier alpha value is -3.07. The summed E-state index contributed by atoms with van der Waals surface area (Å²) in [6.45, 7) is 3.32. The first-order valence-electron chi connectivity index (χ1n) is 14.0. The molecule has 1 fully saturated rings. The molecule has 3 aromatic carbocycles. The topological polar surface area (TPSA) is 86.8 Å². The summed E-state index contributed by atoms with van der Waals surface area (Å²) >= 11 is 12.5. The zero-order chi connectivity index (χ0) is 30.4. The normalized spacial score (nSPS) is 14.4. The number of anilines is 1. The van der Waals surface area contributed by atoms with Crippen molar-refractivity contribution in [2.24, 2.45) is 0 Å². The van der Waals surface area contributed by atoms with Crippen LogP contribution < -0.4 is 9.62 Å². The Kier molecular flexibility index (Phi) is 10.6. The van der Waals surface area contributed by atoms with Crippen molar-refractivity contribution in [2.75, 3.05) is 17.1 Å². The Morgan fingerprint density at radius 2 is 1.55 bits per heavy atom. The van der Waals surface area contributed by atoms with Crippen LogP contribution in [0.1, 0.15) is 47.9 Å². The molecule has 0 heterocycles. The van der Waals surface area contributed by atoms with Crippen LogP contribution in [0.5, 0.6) is 0 Å². The van der Waals surface area contributed by atoms with E-state index < -0.39 is 28.5 Å². The van der Waals surface area contributed by atoms with Crippen LogP contribution in [0.3, 0.4) is 0 Å². The van der Waals surface area contributed by atoms with E-state index in [1.807, 2.05) is 50.2 Å². The molecule has 2 amide bonds. The van der Waals surface area contributed by atoms with E-state index in [0.29, 0.717) is 21.3 Å². The maximum atomic E-state index is 14.3. The molecule has 0 bridgehead atoms. The monoisotopic (exact) mass is 629 g/mol. The molecular formula is C32H37Cl2N3O4S. The first-order chi connectivity index (χ1) is 19.9. The molecular weight excluding hydrogens is 593 g/mol. The highest BCUT2D eigenvalue weighted by Crippen LogP contribution is 2.26. The van der Waals surface area contributed by atoms with Crippen molar-refractivity contribution in [1.82, 2.24) is 10.2 Å². The largest absolute Gasteiger partial charge is 0.352 e. The van der Waals surface area contributed by atoms with Crippen molar-refractivity contribution in [2.45, 2.75) is 64.6 Å². The maximum absolute atomic E-state index is 14.3. The highest BCUT2D eigenvalue weighted by molar-refractivity contribution is 7.92. The van der Waals surface area contributed by atoms with Crippen molar-refractivity contribution < 1.29 is 18.0 Å². The van der Waals surface area contributed by atoms with Crippen LogP contribution in [0.25, 0.3) is 0 Å². The summed E-state index contributed by atoms with van der Waals surface area (Å²) in [7, 11) is -3.84. The number of aryl methyl sites for hydroxylation is 2. The van der Waals surface area contributed by atoms with Gasteiger partial charge in [-0.1, -0.05) is 78.5 Å². The van der Waals surface area contributed by atoms with Crippen LogP contribution in [-0.2, 0) is 32.6 Å². The third-order valence-electron chi connectivity index (χ3n) is 7.48. The molecule has 224 valence electrons. The van der Waals surface area contributed by atoms with Gasteiger partial charge in [-0.3, -0.25) is 13.9 Å². The number of rotatable bonds is 11. The number of carbonyl (C=O) groups is 2. The van der Waals surface area contributed by atoms with Crippen molar-refractivity contribution >= 4 is 50.7 Å². The molecule has 1 unspecified atom stereocenters. The number of hydrogen-bond acceptors (Lipinski definition) is 4. The second-order valence-corrected chi connectivity index (χ2v) is 13.8. The minimum Gasteiger partial charge on any atom is -0.352 e. The molecule has 0 spiro atoms. The number of amides is 2. The summed E-state index contributed by atoms with van der Waals surface area (Å²) in [6, 6.07) is 19.1. The number of nitrogens with one attached hydrogen (secondary N) is 1. The average molecular weight is 631 g/mol. The summed E-state index contributed by atoms with van der Waals surface area (Å²) in [6.07, 6.45) is 5.20. The Bertz CT molecular complexity index is 1510. The van der Waals surface area contributed by atoms with Gasteiger partial charge in [0.1, 0.15) is 12.6 Å². The Balaban J connectivity index is 1.75. The van der Waals surface area contributed by atoms with Gasteiger partial charge in [0.05, 0.1) is 22.0 Å². The molecule has 1 atom stereocenters. The molecule has 1 saturated carbocycles. The number of benzene rings is 3. The van der Waals surface area contributed by atoms with E-state index in [1.165, 1.54) is 4.90 Å². The van der Waals surface area contributed by atoms with Gasteiger partial charge in [-0.15, -0.1) is 0 Å². The van der Waals surface area contributed by atoms with Gasteiger partial charge < -0.3 is 10.2 Å². The molecule has 42 heavy (non-hydrogen) atoms. The van der Waals surface area contributed by atoms with Crippen molar-refractivity contribution in [3.63, 3.8) is 0 Å². The molecule has 0 aliphatic heterocycles. The van der Waals surface area contributed by atoms with Crippen molar-refractivity contribution in [3.05, 3.63) is 99.0 Å². The van der Waals surface area contributed by atoms with Crippen LogP contribution in [0.2, 0.25) is 10.0 Å². The maximum Gasteiger partial charge on any atom is 0.244 e. The first kappa shape index (κ1) is 31.9. The van der Waals surface area contributed by atoms with E-state index in [1.54, 1.807) is 30.3 Å². The van der Waals surface area contributed by atoms with E-state index in [-0.39, 0.29) is 24.9 Å². The minimum atomic E-state index is -3.84. The van der Waals surface area contributed by atoms with E-state index in [2.05, 4.69) is 5.32 Å². The molecule has 1 N–H and O–H groups in total. The van der Waals surface area contributed by atoms with Crippen LogP contribution in [0.15, 0.2) is 66.7 Å². The van der Waals surface area contributed by atoms with Gasteiger partial charge in [0.2, 0.25) is 21.8 Å². The zero-order valence-electron chi connectivity index (χ0n) is 24.1. The molecule has 0 aromatic heterocycles. The van der Waals surface area contributed by atoms with E-state index in [4.69, 9.17) is 23.2 Å². The molecule has 1 aliphatic carbocycles. The van der Waals surface area contributed by atoms with Crippen LogP contribution in [0.4, 0.5) is 5.69 Å². The van der Waals surface area contributed by atoms with Crippen LogP contribution >= 0.6 is 23.2 Å². The van der Waals surface area contributed by atoms with E-state index in [0.717, 1.165) is 52.9 Å². The fourth-order valence-corrected chi connectivity index (χ4v) is 6.62. The van der Waals surface area contributed by atoms with Crippen LogP contribution in [-0.4, -0.2) is 50.0 Å². The Morgan fingerprint density at radius 1 is 0.905 bits per heavy atom. The minimum absolute atomic E-state index is 0.0375. The van der Waals surface area contributed by atoms with Gasteiger partial charge in [0.25, 0.3) is 0 Å². The molecule has 10 heteroatoms. The lowest BCUT2D eigenvalue weighted by Crippen LogP contribution is -2.54. The molecule has 3 aromatic rings. The van der Waals surface area contributed by atoms with Crippen LogP contribution in [0, 0.1) is 13.8 Å². The smallest absolute Gasteiger partial charge is 0.244 e. The average Bonchev–Trinajstić information content (AvgIpc) is 3.43. The van der Waals surface area contributed by atoms with Gasteiger partial charge in [-0.25, -0.2) is 8.42 Å². The standard InChI is InChI=1S/C32H37Cl2N3O4S/c1-22-15-23(2)17-27(16-22)37(42(3,40)41)21-31(38)36(20-25-13-14-28(33)29(34)18-25)30(19-24-9-5-4-6-10-24)32(39)35-26-11-7-8-12-26/h4-6,9-10,13-18,26,30H,7-8,11-12,19-21H2,1-3H3,(H,35,39). The zero-order valence-corrected chi connectivity index (χ0v) is 26.5. The fraction of sp³-hybridized carbons (Fsp3) is 0.375. The molecule has 7 nitrogen and oxygen atoms in total. The van der Waals surface area contributed by atoms with Crippen molar-refractivity contribution in [1.29, 1.82) is 0 Å². The van der Waals surface area contributed by atoms with Gasteiger partial charge in [0.15, 0.2) is 0 Å². The molecule has 0 radical (unpaired) electrons. The lowest BCUT2D eigenvalue weighted by molar-refractivity contribution is -0.140. The second kappa shape index (κ2) is 13.9. The lowest BCUT2D eigenvalue weighted by atomic mass is 10.0. The SMILES string of the molecule is Cc1cc(C)cc(N(CC(=O)N(Cc2ccc(Cl)c(Cl)c2)C(Cc2ccccc2)C(=O)NC2CCCC2)S(C)(=O)=O)c1. The first-order valence-corrected chi connectivity index (χ1v) is 16.6. The predicted octanol–water partition coefficient (Wildman–Crippen LogP) is 6.08. The predicted molar refractivity (Wildman–Crippen MR) is 169 cm³/mol. The quantitative estimate of drug-likeness (QED) is 0.279. The lowest BCUT2D eigenvalue weighted by Gasteiger charge is -2.34. The highest BCUT2D eigenvalue weighted by Gasteiger charge is 2.34. The summed E-state index contributed by atoms with van der Waals surface area (Å²) in [5.74, 6) is -0.773. The Morgan fingerprint density at radius 3 is 2.14 bits per heavy atom. The molecule has 1 aliphatic rings. The number of hydrogen-bond donors (Lipinski definition) is 1. The molecule has 0 saturated heterocycles. The summed E-state index contributed by atoms with van der Waals surface area (Å²) in [5.41, 5.74) is 3.69. The summed E-state index contributed by atoms with van der Waals surface area (Å²) in [5, 5.41) is 3.85. The van der Waals surface area contributed by atoms with Gasteiger partial charge >= 0.3 is 0 Å². The second-order valence-electron chi connectivity index (χ2n) is 11.1. The summed E-state index contributed by atoms with van der Waals surface area (Å²) in [4.78, 5) is 29.6. The van der Waals surface area contributed by atoms with Gasteiger partial charge in [-0.2, -0.15) is 0 Å². The number of halogens is 2. The number of sulfonamides is 1. The van der Waals surface area contributed by atoms with Crippen molar-refractivity contribution in [3.8, 4) is 0 Å². The van der Waals surface area contributed by atoms with E-state index in [9.17, 15) is 18.0 Å². The third-order valence-corrected chi connectivity index (χ3v) is 9.36. The molecule has 4 rings (SSSR count). The third kappa shape index (κ3) is 8.49. The van der Waals surface area contributed by atoms with Gasteiger partial charge in [-0.05, 0) is 73.2 Å². The number of carbonyl (C=O) groups excluding carboxylic acids is 2. The summed E-state index contributed by atoms with van der Waals surface area (Å²) < 4.78 is 27.1. The van der Waals surface area contributed by atoms with Gasteiger partial charge in [0, 0.05) is 19.0 Å². The highest BCUT2D eigenvalue weighted by atomic mass is 35.5. The Labute approximate surface area is 258 Å².